The zero-order chi connectivity index (χ0) is 12.0. The predicted octanol–water partition coefficient (Wildman–Crippen LogP) is 2.11. The summed E-state index contributed by atoms with van der Waals surface area (Å²) >= 11 is 0. The molecule has 0 radical (unpaired) electrons. The summed E-state index contributed by atoms with van der Waals surface area (Å²) < 4.78 is 5.70. The minimum Gasteiger partial charge on any atom is -0.487 e. The molecular formula is C13H20N2O. The number of rotatable bonds is 6. The molecule has 0 aliphatic carbocycles. The van der Waals surface area contributed by atoms with Crippen LogP contribution in [-0.4, -0.2) is 25.2 Å². The van der Waals surface area contributed by atoms with Crippen molar-refractivity contribution in [2.75, 3.05) is 20.2 Å². The Bertz CT molecular complexity index is 361. The highest BCUT2D eigenvalue weighted by molar-refractivity contribution is 5.29. The van der Waals surface area contributed by atoms with Crippen LogP contribution in [-0.2, 0) is 6.42 Å². The third kappa shape index (κ3) is 3.66. The number of aryl methyl sites for hydroxylation is 2. The van der Waals surface area contributed by atoms with Crippen LogP contribution < -0.4 is 10.1 Å². The summed E-state index contributed by atoms with van der Waals surface area (Å²) in [6.07, 6.45) is 0.884. The smallest absolute Gasteiger partial charge is 0.141 e. The average molecular weight is 220 g/mol. The number of likely N-dealkylation sites (N-methyl/N-ethyl adjacent to an activating group) is 1. The van der Waals surface area contributed by atoms with E-state index in [2.05, 4.69) is 23.8 Å². The van der Waals surface area contributed by atoms with Gasteiger partial charge < -0.3 is 10.1 Å². The van der Waals surface area contributed by atoms with Crippen molar-refractivity contribution >= 4 is 0 Å². The lowest BCUT2D eigenvalue weighted by Crippen LogP contribution is -2.15. The van der Waals surface area contributed by atoms with Crippen LogP contribution in [0.1, 0.15) is 18.3 Å². The van der Waals surface area contributed by atoms with E-state index in [0.29, 0.717) is 6.61 Å². The molecule has 0 fully saturated rings. The lowest BCUT2D eigenvalue weighted by Gasteiger charge is -2.11. The minimum atomic E-state index is 0.540. The molecule has 1 aromatic heterocycles. The molecule has 0 atom stereocenters. The van der Waals surface area contributed by atoms with Crippen molar-refractivity contribution in [3.05, 3.63) is 35.7 Å². The maximum atomic E-state index is 5.70. The van der Waals surface area contributed by atoms with Crippen LogP contribution in [0.2, 0.25) is 0 Å². The van der Waals surface area contributed by atoms with Gasteiger partial charge in [-0.3, -0.25) is 4.98 Å². The van der Waals surface area contributed by atoms with Gasteiger partial charge in [-0.1, -0.05) is 13.5 Å². The van der Waals surface area contributed by atoms with Gasteiger partial charge in [-0.05, 0) is 38.1 Å². The van der Waals surface area contributed by atoms with Crippen LogP contribution in [0.3, 0.4) is 0 Å². The van der Waals surface area contributed by atoms with Crippen molar-refractivity contribution in [3.8, 4) is 5.75 Å². The van der Waals surface area contributed by atoms with E-state index in [-0.39, 0.29) is 0 Å². The van der Waals surface area contributed by atoms with Gasteiger partial charge in [0, 0.05) is 12.2 Å². The molecule has 0 aliphatic rings. The first-order valence-corrected chi connectivity index (χ1v) is 5.58. The molecule has 1 heterocycles. The maximum Gasteiger partial charge on any atom is 0.141 e. The molecule has 88 valence electrons. The van der Waals surface area contributed by atoms with Crippen molar-refractivity contribution in [1.82, 2.24) is 10.3 Å². The summed E-state index contributed by atoms with van der Waals surface area (Å²) in [5.74, 6) is 0.866. The van der Waals surface area contributed by atoms with Gasteiger partial charge in [0.1, 0.15) is 12.4 Å². The number of nitrogens with zero attached hydrogens (tertiary/aromatic N) is 1. The van der Waals surface area contributed by atoms with Crippen LogP contribution in [0.25, 0.3) is 0 Å². The van der Waals surface area contributed by atoms with Gasteiger partial charge in [-0.15, -0.1) is 0 Å². The summed E-state index contributed by atoms with van der Waals surface area (Å²) in [6.45, 7) is 9.31. The molecule has 0 bridgehead atoms. The van der Waals surface area contributed by atoms with E-state index in [0.717, 1.165) is 35.7 Å². The van der Waals surface area contributed by atoms with Gasteiger partial charge >= 0.3 is 0 Å². The van der Waals surface area contributed by atoms with Crippen molar-refractivity contribution < 1.29 is 4.74 Å². The fourth-order valence-electron chi connectivity index (χ4n) is 1.46. The second-order valence-electron chi connectivity index (χ2n) is 3.82. The summed E-state index contributed by atoms with van der Waals surface area (Å²) in [6, 6.07) is 3.95. The first-order chi connectivity index (χ1) is 7.67. The molecule has 0 saturated carbocycles. The molecule has 0 unspecified atom stereocenters. The fraction of sp³-hybridized carbons (Fsp3) is 0.462. The first-order valence-electron chi connectivity index (χ1n) is 5.58. The highest BCUT2D eigenvalue weighted by atomic mass is 16.5. The number of hydrogen-bond acceptors (Lipinski definition) is 3. The molecule has 1 N–H and O–H groups in total. The van der Waals surface area contributed by atoms with Crippen molar-refractivity contribution in [1.29, 1.82) is 0 Å². The lowest BCUT2D eigenvalue weighted by atomic mass is 10.2. The van der Waals surface area contributed by atoms with E-state index in [1.807, 2.05) is 26.1 Å². The van der Waals surface area contributed by atoms with Crippen molar-refractivity contribution in [3.63, 3.8) is 0 Å². The largest absolute Gasteiger partial charge is 0.487 e. The highest BCUT2D eigenvalue weighted by Crippen LogP contribution is 2.17. The van der Waals surface area contributed by atoms with E-state index in [1.54, 1.807) is 0 Å². The Morgan fingerprint density at radius 1 is 1.50 bits per heavy atom. The van der Waals surface area contributed by atoms with Crippen LogP contribution >= 0.6 is 0 Å². The second-order valence-corrected chi connectivity index (χ2v) is 3.82. The van der Waals surface area contributed by atoms with Gasteiger partial charge in [0.2, 0.25) is 0 Å². The Labute approximate surface area is 97.5 Å². The molecule has 16 heavy (non-hydrogen) atoms. The second kappa shape index (κ2) is 6.28. The molecular weight excluding hydrogens is 200 g/mol. The molecule has 3 nitrogen and oxygen atoms in total. The molecule has 0 aromatic carbocycles. The summed E-state index contributed by atoms with van der Waals surface area (Å²) in [5, 5.41) is 3.05. The number of aromatic nitrogens is 1. The molecule has 3 heteroatoms. The molecule has 1 aromatic rings. The zero-order valence-electron chi connectivity index (χ0n) is 10.3. The summed E-state index contributed by atoms with van der Waals surface area (Å²) in [7, 11) is 1.90. The molecule has 0 amide bonds. The highest BCUT2D eigenvalue weighted by Gasteiger charge is 2.04. The SMILES string of the molecule is C=C(CNC)COc1ccc(C)nc1CC. The van der Waals surface area contributed by atoms with Gasteiger partial charge in [0.15, 0.2) is 0 Å². The van der Waals surface area contributed by atoms with Crippen LogP contribution in [0, 0.1) is 6.92 Å². The van der Waals surface area contributed by atoms with Crippen LogP contribution in [0.4, 0.5) is 0 Å². The van der Waals surface area contributed by atoms with E-state index < -0.39 is 0 Å². The van der Waals surface area contributed by atoms with Crippen molar-refractivity contribution in [2.45, 2.75) is 20.3 Å². The monoisotopic (exact) mass is 220 g/mol. The lowest BCUT2D eigenvalue weighted by molar-refractivity contribution is 0.343. The van der Waals surface area contributed by atoms with Crippen LogP contribution in [0.15, 0.2) is 24.3 Å². The minimum absolute atomic E-state index is 0.540. The maximum absolute atomic E-state index is 5.70. The predicted molar refractivity (Wildman–Crippen MR) is 66.9 cm³/mol. The summed E-state index contributed by atoms with van der Waals surface area (Å²) in [4.78, 5) is 4.45. The first kappa shape index (κ1) is 12.7. The normalized spacial score (nSPS) is 10.2. The van der Waals surface area contributed by atoms with E-state index in [1.165, 1.54) is 0 Å². The summed E-state index contributed by atoms with van der Waals surface area (Å²) in [5.41, 5.74) is 3.07. The molecule has 0 spiro atoms. The van der Waals surface area contributed by atoms with E-state index in [9.17, 15) is 0 Å². The van der Waals surface area contributed by atoms with Gasteiger partial charge in [-0.2, -0.15) is 0 Å². The third-order valence-corrected chi connectivity index (χ3v) is 2.27. The van der Waals surface area contributed by atoms with Crippen molar-refractivity contribution in [2.24, 2.45) is 0 Å². The fourth-order valence-corrected chi connectivity index (χ4v) is 1.46. The molecule has 0 saturated heterocycles. The van der Waals surface area contributed by atoms with Crippen LogP contribution in [0.5, 0.6) is 5.75 Å². The Morgan fingerprint density at radius 2 is 2.25 bits per heavy atom. The average Bonchev–Trinajstić information content (AvgIpc) is 2.27. The topological polar surface area (TPSA) is 34.1 Å². The number of hydrogen-bond donors (Lipinski definition) is 1. The Balaban J connectivity index is 2.63. The molecule has 0 aliphatic heterocycles. The Kier molecular flexibility index (Phi) is 4.99. The quantitative estimate of drug-likeness (QED) is 0.746. The van der Waals surface area contributed by atoms with E-state index >= 15 is 0 Å². The van der Waals surface area contributed by atoms with Gasteiger partial charge in [0.25, 0.3) is 0 Å². The third-order valence-electron chi connectivity index (χ3n) is 2.27. The van der Waals surface area contributed by atoms with E-state index in [4.69, 9.17) is 4.74 Å². The molecule has 1 rings (SSSR count). The van der Waals surface area contributed by atoms with Gasteiger partial charge in [-0.25, -0.2) is 0 Å². The number of ether oxygens (including phenoxy) is 1. The Hall–Kier alpha value is -1.35. The zero-order valence-corrected chi connectivity index (χ0v) is 10.3. The number of nitrogens with one attached hydrogen (secondary N) is 1. The Morgan fingerprint density at radius 3 is 2.88 bits per heavy atom. The van der Waals surface area contributed by atoms with Gasteiger partial charge in [0.05, 0.1) is 5.69 Å². The number of pyridine rings is 1. The standard InChI is InChI=1S/C13H20N2O/c1-5-12-13(7-6-11(3)15-12)16-9-10(2)8-14-4/h6-7,14H,2,5,8-9H2,1,3-4H3.